The number of carbonyl (C=O) groups is 1. The van der Waals surface area contributed by atoms with Gasteiger partial charge in [-0.15, -0.1) is 0 Å². The van der Waals surface area contributed by atoms with Crippen LogP contribution in [0.5, 0.6) is 0 Å². The van der Waals surface area contributed by atoms with E-state index < -0.39 is 16.1 Å². The molecular formula is C21H31N4O3S+. The lowest BCUT2D eigenvalue weighted by Gasteiger charge is -2.20. The summed E-state index contributed by atoms with van der Waals surface area (Å²) in [4.78, 5) is 14.9. The van der Waals surface area contributed by atoms with E-state index in [-0.39, 0.29) is 10.8 Å². The molecule has 1 amide bonds. The van der Waals surface area contributed by atoms with E-state index in [1.165, 1.54) is 10.4 Å². The van der Waals surface area contributed by atoms with Crippen molar-refractivity contribution in [2.45, 2.75) is 38.6 Å². The highest BCUT2D eigenvalue weighted by Gasteiger charge is 2.26. The fraction of sp³-hybridized carbons (Fsp3) is 0.429. The number of aryl methyl sites for hydroxylation is 1. The number of sulfonamides is 1. The lowest BCUT2D eigenvalue weighted by Crippen LogP contribution is -2.44. The van der Waals surface area contributed by atoms with Crippen LogP contribution in [0.25, 0.3) is 0 Å². The number of nitrogens with zero attached hydrogens (tertiary/aromatic N) is 3. The second kappa shape index (κ2) is 9.37. The van der Waals surface area contributed by atoms with Crippen LogP contribution in [0.15, 0.2) is 47.6 Å². The van der Waals surface area contributed by atoms with Crippen LogP contribution >= 0.6 is 0 Å². The van der Waals surface area contributed by atoms with E-state index in [1.807, 2.05) is 61.9 Å². The molecule has 0 unspecified atom stereocenters. The molecule has 0 bridgehead atoms. The Kier molecular flexibility index (Phi) is 7.37. The van der Waals surface area contributed by atoms with Crippen molar-refractivity contribution in [3.8, 4) is 0 Å². The molecule has 1 atom stereocenters. The van der Waals surface area contributed by atoms with Crippen molar-refractivity contribution < 1.29 is 17.8 Å². The van der Waals surface area contributed by atoms with Crippen LogP contribution in [0, 0.1) is 6.92 Å². The lowest BCUT2D eigenvalue weighted by molar-refractivity contribution is -0.705. The van der Waals surface area contributed by atoms with Crippen LogP contribution < -0.4 is 14.8 Å². The standard InChI is InChI=1S/C21H30N4O3S/c1-7-25(8-2)29(27,28)20-15-18(10-9-16(20)3)22-21(26)17(4)24-13-11-19(12-14-24)23(5)6/h9-15,17H,7-8H2,1-6H3/p+1/t17-/m1/s1. The van der Waals surface area contributed by atoms with Crippen molar-refractivity contribution in [3.05, 3.63) is 48.3 Å². The summed E-state index contributed by atoms with van der Waals surface area (Å²) in [6, 6.07) is 8.40. The maximum absolute atomic E-state index is 12.9. The predicted octanol–water partition coefficient (Wildman–Crippen LogP) is 2.58. The van der Waals surface area contributed by atoms with E-state index in [0.29, 0.717) is 24.3 Å². The van der Waals surface area contributed by atoms with E-state index in [1.54, 1.807) is 26.0 Å². The number of pyridine rings is 1. The summed E-state index contributed by atoms with van der Waals surface area (Å²) in [6.07, 6.45) is 3.70. The smallest absolute Gasteiger partial charge is 0.293 e. The van der Waals surface area contributed by atoms with Crippen molar-refractivity contribution in [3.63, 3.8) is 0 Å². The Hall–Kier alpha value is -2.45. The molecule has 0 saturated carbocycles. The molecule has 0 saturated heterocycles. The second-order valence-corrected chi connectivity index (χ2v) is 9.04. The molecule has 0 fully saturated rings. The number of nitrogens with one attached hydrogen (secondary N) is 1. The molecule has 7 nitrogen and oxygen atoms in total. The SMILES string of the molecule is CCN(CC)S(=O)(=O)c1cc(NC(=O)[C@@H](C)[n+]2ccc(N(C)C)cc2)ccc1C. The fourth-order valence-electron chi connectivity index (χ4n) is 3.03. The van der Waals surface area contributed by atoms with Crippen LogP contribution in [0.4, 0.5) is 11.4 Å². The first-order valence-corrected chi connectivity index (χ1v) is 11.2. The Bertz CT molecular complexity index is 952. The zero-order chi connectivity index (χ0) is 21.8. The number of carbonyl (C=O) groups excluding carboxylic acids is 1. The van der Waals surface area contributed by atoms with E-state index in [0.717, 1.165) is 5.69 Å². The molecule has 2 aromatic rings. The van der Waals surface area contributed by atoms with Crippen LogP contribution in [-0.2, 0) is 14.8 Å². The zero-order valence-corrected chi connectivity index (χ0v) is 18.8. The Labute approximate surface area is 174 Å². The lowest BCUT2D eigenvalue weighted by atomic mass is 10.2. The van der Waals surface area contributed by atoms with Gasteiger partial charge in [-0.2, -0.15) is 8.87 Å². The molecular weight excluding hydrogens is 388 g/mol. The summed E-state index contributed by atoms with van der Waals surface area (Å²) in [5.74, 6) is -0.220. The second-order valence-electron chi connectivity index (χ2n) is 7.13. The van der Waals surface area contributed by atoms with Gasteiger partial charge in [0.05, 0.1) is 4.90 Å². The van der Waals surface area contributed by atoms with Gasteiger partial charge in [-0.3, -0.25) is 4.79 Å². The third kappa shape index (κ3) is 5.13. The van der Waals surface area contributed by atoms with Crippen LogP contribution in [-0.4, -0.2) is 45.8 Å². The number of hydrogen-bond acceptors (Lipinski definition) is 4. The predicted molar refractivity (Wildman–Crippen MR) is 116 cm³/mol. The van der Waals surface area contributed by atoms with Gasteiger partial charge in [0, 0.05) is 57.6 Å². The topological polar surface area (TPSA) is 73.6 Å². The minimum Gasteiger partial charge on any atom is -0.377 e. The maximum atomic E-state index is 12.9. The molecule has 0 aliphatic heterocycles. The van der Waals surface area contributed by atoms with Gasteiger partial charge < -0.3 is 10.2 Å². The molecule has 0 spiro atoms. The minimum absolute atomic E-state index is 0.217. The first-order valence-electron chi connectivity index (χ1n) is 9.71. The maximum Gasteiger partial charge on any atom is 0.293 e. The average molecular weight is 420 g/mol. The molecule has 29 heavy (non-hydrogen) atoms. The normalized spacial score (nSPS) is 12.7. The molecule has 158 valence electrons. The number of hydrogen-bond donors (Lipinski definition) is 1. The molecule has 8 heteroatoms. The van der Waals surface area contributed by atoms with Gasteiger partial charge in [-0.05, 0) is 24.6 Å². The van der Waals surface area contributed by atoms with Crippen LogP contribution in [0.1, 0.15) is 32.4 Å². The van der Waals surface area contributed by atoms with Gasteiger partial charge in [0.2, 0.25) is 16.1 Å². The summed E-state index contributed by atoms with van der Waals surface area (Å²) < 4.78 is 29.0. The van der Waals surface area contributed by atoms with Crippen molar-refractivity contribution >= 4 is 27.3 Å². The number of anilines is 2. The molecule has 0 radical (unpaired) electrons. The van der Waals surface area contributed by atoms with Gasteiger partial charge in [0.1, 0.15) is 0 Å². The molecule has 1 heterocycles. The molecule has 0 aliphatic rings. The first kappa shape index (κ1) is 22.8. The van der Waals surface area contributed by atoms with Crippen LogP contribution in [0.2, 0.25) is 0 Å². The fourth-order valence-corrected chi connectivity index (χ4v) is 4.74. The third-order valence-corrected chi connectivity index (χ3v) is 7.15. The highest BCUT2D eigenvalue weighted by molar-refractivity contribution is 7.89. The van der Waals surface area contributed by atoms with Crippen molar-refractivity contribution in [1.82, 2.24) is 4.31 Å². The average Bonchev–Trinajstić information content (AvgIpc) is 2.69. The van der Waals surface area contributed by atoms with Crippen molar-refractivity contribution in [2.75, 3.05) is 37.4 Å². The van der Waals surface area contributed by atoms with Crippen molar-refractivity contribution in [2.24, 2.45) is 0 Å². The summed E-state index contributed by atoms with van der Waals surface area (Å²) in [6.45, 7) is 7.96. The number of rotatable bonds is 8. The monoisotopic (exact) mass is 419 g/mol. The van der Waals surface area contributed by atoms with E-state index in [9.17, 15) is 13.2 Å². The largest absolute Gasteiger partial charge is 0.377 e. The van der Waals surface area contributed by atoms with Gasteiger partial charge in [-0.1, -0.05) is 19.9 Å². The van der Waals surface area contributed by atoms with E-state index in [2.05, 4.69) is 5.32 Å². The summed E-state index contributed by atoms with van der Waals surface area (Å²) in [7, 11) is 0.307. The van der Waals surface area contributed by atoms with E-state index in [4.69, 9.17) is 0 Å². The molecule has 0 aliphatic carbocycles. The highest BCUT2D eigenvalue weighted by atomic mass is 32.2. The van der Waals surface area contributed by atoms with E-state index >= 15 is 0 Å². The highest BCUT2D eigenvalue weighted by Crippen LogP contribution is 2.24. The van der Waals surface area contributed by atoms with Gasteiger partial charge in [-0.25, -0.2) is 8.42 Å². The molecule has 2 rings (SSSR count). The van der Waals surface area contributed by atoms with Gasteiger partial charge in [0.15, 0.2) is 12.4 Å². The summed E-state index contributed by atoms with van der Waals surface area (Å²) >= 11 is 0. The molecule has 1 N–H and O–H groups in total. The van der Waals surface area contributed by atoms with Crippen LogP contribution in [0.3, 0.4) is 0 Å². The summed E-state index contributed by atoms with van der Waals surface area (Å²) in [5, 5.41) is 2.84. The molecule has 1 aromatic carbocycles. The Morgan fingerprint density at radius 1 is 1.10 bits per heavy atom. The molecule has 1 aromatic heterocycles. The Morgan fingerprint density at radius 3 is 2.21 bits per heavy atom. The summed E-state index contributed by atoms with van der Waals surface area (Å²) in [5.41, 5.74) is 2.15. The number of amides is 1. The van der Waals surface area contributed by atoms with Gasteiger partial charge >= 0.3 is 0 Å². The first-order chi connectivity index (χ1) is 13.6. The quantitative estimate of drug-likeness (QED) is 0.668. The third-order valence-electron chi connectivity index (χ3n) is 4.96. The Morgan fingerprint density at radius 2 is 1.69 bits per heavy atom. The minimum atomic E-state index is -3.60. The zero-order valence-electron chi connectivity index (χ0n) is 18.0. The van der Waals surface area contributed by atoms with Gasteiger partial charge in [0.25, 0.3) is 5.91 Å². The number of benzene rings is 1. The Balaban J connectivity index is 2.24. The van der Waals surface area contributed by atoms with Crippen molar-refractivity contribution in [1.29, 1.82) is 0 Å². The number of aromatic nitrogens is 1.